The first-order valence-corrected chi connectivity index (χ1v) is 8.83. The zero-order chi connectivity index (χ0) is 14.2. The lowest BCUT2D eigenvalue weighted by Crippen LogP contribution is -2.37. The average molecular weight is 293 g/mol. The topological polar surface area (TPSA) is 21.3 Å². The number of ether oxygens (including phenoxy) is 1. The Labute approximate surface area is 127 Å². The molecule has 20 heavy (non-hydrogen) atoms. The van der Waals surface area contributed by atoms with Gasteiger partial charge in [0.1, 0.15) is 5.75 Å². The van der Waals surface area contributed by atoms with Crippen LogP contribution in [-0.4, -0.2) is 25.4 Å². The summed E-state index contributed by atoms with van der Waals surface area (Å²) in [4.78, 5) is 1.26. The van der Waals surface area contributed by atoms with Crippen LogP contribution in [-0.2, 0) is 0 Å². The number of hydrogen-bond acceptors (Lipinski definition) is 3. The van der Waals surface area contributed by atoms with Crippen molar-refractivity contribution in [2.75, 3.05) is 19.4 Å². The Kier molecular flexibility index (Phi) is 6.74. The third-order valence-electron chi connectivity index (χ3n) is 4.11. The molecule has 0 aliphatic heterocycles. The van der Waals surface area contributed by atoms with Gasteiger partial charge in [0.05, 0.1) is 7.11 Å². The predicted octanol–water partition coefficient (Wildman–Crippen LogP) is 4.35. The van der Waals surface area contributed by atoms with Crippen molar-refractivity contribution in [3.8, 4) is 5.75 Å². The van der Waals surface area contributed by atoms with Gasteiger partial charge in [-0.05, 0) is 43.9 Å². The van der Waals surface area contributed by atoms with Crippen LogP contribution in [0.15, 0.2) is 29.2 Å². The average Bonchev–Trinajstić information content (AvgIpc) is 3.02. The van der Waals surface area contributed by atoms with Crippen LogP contribution in [0.2, 0.25) is 0 Å². The van der Waals surface area contributed by atoms with Gasteiger partial charge in [0.25, 0.3) is 0 Å². The summed E-state index contributed by atoms with van der Waals surface area (Å²) in [5, 5.41) is 3.76. The molecule has 1 unspecified atom stereocenters. The summed E-state index contributed by atoms with van der Waals surface area (Å²) in [5.41, 5.74) is 0. The standard InChI is InChI=1S/C17H27NOS/c1-3-12-18-15(14-8-4-5-9-14)13-20-17-11-7-6-10-16(17)19-2/h6-7,10-11,14-15,18H,3-5,8-9,12-13H2,1-2H3. The second-order valence-electron chi connectivity index (χ2n) is 5.57. The van der Waals surface area contributed by atoms with E-state index in [1.807, 2.05) is 23.9 Å². The molecule has 0 heterocycles. The maximum Gasteiger partial charge on any atom is 0.132 e. The molecule has 1 aliphatic rings. The molecule has 3 heteroatoms. The zero-order valence-corrected chi connectivity index (χ0v) is 13.5. The van der Waals surface area contributed by atoms with E-state index >= 15 is 0 Å². The Morgan fingerprint density at radius 2 is 2.05 bits per heavy atom. The monoisotopic (exact) mass is 293 g/mol. The van der Waals surface area contributed by atoms with Gasteiger partial charge in [0.2, 0.25) is 0 Å². The highest BCUT2D eigenvalue weighted by molar-refractivity contribution is 7.99. The van der Waals surface area contributed by atoms with Crippen LogP contribution < -0.4 is 10.1 Å². The first-order chi connectivity index (χ1) is 9.85. The van der Waals surface area contributed by atoms with Gasteiger partial charge in [0.15, 0.2) is 0 Å². The molecule has 1 aromatic carbocycles. The number of thioether (sulfide) groups is 1. The van der Waals surface area contributed by atoms with Crippen LogP contribution in [0.25, 0.3) is 0 Å². The summed E-state index contributed by atoms with van der Waals surface area (Å²) in [6, 6.07) is 8.98. The fourth-order valence-corrected chi connectivity index (χ4v) is 4.19. The van der Waals surface area contributed by atoms with Gasteiger partial charge < -0.3 is 10.1 Å². The molecular weight excluding hydrogens is 266 g/mol. The van der Waals surface area contributed by atoms with E-state index in [1.54, 1.807) is 7.11 Å². The summed E-state index contributed by atoms with van der Waals surface area (Å²) in [6.45, 7) is 3.37. The number of benzene rings is 1. The Morgan fingerprint density at radius 1 is 1.30 bits per heavy atom. The van der Waals surface area contributed by atoms with E-state index in [1.165, 1.54) is 37.0 Å². The van der Waals surface area contributed by atoms with Crippen molar-refractivity contribution in [3.63, 3.8) is 0 Å². The van der Waals surface area contributed by atoms with E-state index in [0.717, 1.165) is 24.0 Å². The van der Waals surface area contributed by atoms with Crippen LogP contribution in [0.1, 0.15) is 39.0 Å². The van der Waals surface area contributed by atoms with Crippen molar-refractivity contribution in [3.05, 3.63) is 24.3 Å². The number of hydrogen-bond donors (Lipinski definition) is 1. The lowest BCUT2D eigenvalue weighted by atomic mass is 10.00. The van der Waals surface area contributed by atoms with E-state index in [4.69, 9.17) is 4.74 Å². The minimum Gasteiger partial charge on any atom is -0.496 e. The first kappa shape index (κ1) is 15.7. The lowest BCUT2D eigenvalue weighted by Gasteiger charge is -2.24. The Bertz CT molecular complexity index is 390. The smallest absolute Gasteiger partial charge is 0.132 e. The highest BCUT2D eigenvalue weighted by atomic mass is 32.2. The van der Waals surface area contributed by atoms with Crippen LogP contribution in [0, 0.1) is 5.92 Å². The molecule has 112 valence electrons. The molecule has 1 aromatic rings. The number of nitrogens with one attached hydrogen (secondary N) is 1. The largest absolute Gasteiger partial charge is 0.496 e. The zero-order valence-electron chi connectivity index (χ0n) is 12.7. The SMILES string of the molecule is CCCNC(CSc1ccccc1OC)C1CCCC1. The normalized spacial score (nSPS) is 17.3. The van der Waals surface area contributed by atoms with E-state index in [2.05, 4.69) is 24.4 Å². The summed E-state index contributed by atoms with van der Waals surface area (Å²) in [6.07, 6.45) is 6.83. The van der Waals surface area contributed by atoms with E-state index in [0.29, 0.717) is 6.04 Å². The molecule has 1 aliphatic carbocycles. The molecule has 0 amide bonds. The molecule has 0 radical (unpaired) electrons. The molecule has 0 saturated heterocycles. The van der Waals surface area contributed by atoms with E-state index in [-0.39, 0.29) is 0 Å². The molecule has 1 fully saturated rings. The second kappa shape index (κ2) is 8.58. The minimum absolute atomic E-state index is 0.646. The Balaban J connectivity index is 1.93. The highest BCUT2D eigenvalue weighted by Crippen LogP contribution is 2.33. The number of para-hydroxylation sites is 1. The summed E-state index contributed by atoms with van der Waals surface area (Å²) < 4.78 is 5.44. The fourth-order valence-electron chi connectivity index (χ4n) is 2.97. The van der Waals surface area contributed by atoms with Crippen LogP contribution in [0.5, 0.6) is 5.75 Å². The third-order valence-corrected chi connectivity index (χ3v) is 5.29. The van der Waals surface area contributed by atoms with Crippen molar-refractivity contribution in [2.45, 2.75) is 50.0 Å². The van der Waals surface area contributed by atoms with E-state index < -0.39 is 0 Å². The Hall–Kier alpha value is -0.670. The van der Waals surface area contributed by atoms with Crippen LogP contribution in [0.3, 0.4) is 0 Å². The van der Waals surface area contributed by atoms with Gasteiger partial charge in [0, 0.05) is 16.7 Å². The maximum absolute atomic E-state index is 5.44. The van der Waals surface area contributed by atoms with Gasteiger partial charge in [-0.3, -0.25) is 0 Å². The molecule has 1 N–H and O–H groups in total. The van der Waals surface area contributed by atoms with Crippen LogP contribution >= 0.6 is 11.8 Å². The second-order valence-corrected chi connectivity index (χ2v) is 6.63. The maximum atomic E-state index is 5.44. The molecule has 0 spiro atoms. The number of rotatable bonds is 8. The van der Waals surface area contributed by atoms with Crippen molar-refractivity contribution < 1.29 is 4.74 Å². The number of methoxy groups -OCH3 is 1. The lowest BCUT2D eigenvalue weighted by molar-refractivity contribution is 0.387. The molecule has 0 aromatic heterocycles. The van der Waals surface area contributed by atoms with Gasteiger partial charge in [-0.2, -0.15) is 0 Å². The quantitative estimate of drug-likeness (QED) is 0.720. The molecule has 0 bridgehead atoms. The Morgan fingerprint density at radius 3 is 2.75 bits per heavy atom. The summed E-state index contributed by atoms with van der Waals surface area (Å²) in [5.74, 6) is 3.01. The van der Waals surface area contributed by atoms with E-state index in [9.17, 15) is 0 Å². The minimum atomic E-state index is 0.646. The summed E-state index contributed by atoms with van der Waals surface area (Å²) >= 11 is 1.93. The van der Waals surface area contributed by atoms with Gasteiger partial charge >= 0.3 is 0 Å². The van der Waals surface area contributed by atoms with Crippen molar-refractivity contribution >= 4 is 11.8 Å². The van der Waals surface area contributed by atoms with Crippen molar-refractivity contribution in [1.82, 2.24) is 5.32 Å². The van der Waals surface area contributed by atoms with Gasteiger partial charge in [-0.1, -0.05) is 31.9 Å². The van der Waals surface area contributed by atoms with Gasteiger partial charge in [-0.15, -0.1) is 11.8 Å². The third kappa shape index (κ3) is 4.42. The van der Waals surface area contributed by atoms with Crippen LogP contribution in [0.4, 0.5) is 0 Å². The molecule has 2 nitrogen and oxygen atoms in total. The predicted molar refractivity (Wildman–Crippen MR) is 87.8 cm³/mol. The van der Waals surface area contributed by atoms with Crippen molar-refractivity contribution in [1.29, 1.82) is 0 Å². The van der Waals surface area contributed by atoms with Crippen molar-refractivity contribution in [2.24, 2.45) is 5.92 Å². The molecule has 1 atom stereocenters. The highest BCUT2D eigenvalue weighted by Gasteiger charge is 2.24. The molecule has 2 rings (SSSR count). The first-order valence-electron chi connectivity index (χ1n) is 7.84. The fraction of sp³-hybridized carbons (Fsp3) is 0.647. The van der Waals surface area contributed by atoms with Gasteiger partial charge in [-0.25, -0.2) is 0 Å². The molecule has 1 saturated carbocycles. The molecular formula is C17H27NOS. The summed E-state index contributed by atoms with van der Waals surface area (Å²) in [7, 11) is 1.75.